The summed E-state index contributed by atoms with van der Waals surface area (Å²) in [5, 5.41) is 5.67. The van der Waals surface area contributed by atoms with Gasteiger partial charge >= 0.3 is 0 Å². The van der Waals surface area contributed by atoms with Gasteiger partial charge in [-0.2, -0.15) is 0 Å². The quantitative estimate of drug-likeness (QED) is 0.681. The molecule has 0 bridgehead atoms. The van der Waals surface area contributed by atoms with E-state index in [1.807, 2.05) is 24.1 Å². The van der Waals surface area contributed by atoms with Gasteiger partial charge < -0.3 is 15.1 Å². The summed E-state index contributed by atoms with van der Waals surface area (Å²) in [5.41, 5.74) is 2.46. The lowest BCUT2D eigenvalue weighted by Gasteiger charge is -2.30. The molecular formula is C25H30N3O+. The van der Waals surface area contributed by atoms with E-state index in [2.05, 4.69) is 66.0 Å². The summed E-state index contributed by atoms with van der Waals surface area (Å²) >= 11 is 0. The van der Waals surface area contributed by atoms with Crippen LogP contribution >= 0.6 is 0 Å². The minimum Gasteiger partial charge on any atom is -0.365 e. The van der Waals surface area contributed by atoms with Gasteiger partial charge in [-0.15, -0.1) is 0 Å². The monoisotopic (exact) mass is 388 g/mol. The zero-order valence-corrected chi connectivity index (χ0v) is 17.1. The lowest BCUT2D eigenvalue weighted by molar-refractivity contribution is -0.918. The Labute approximate surface area is 173 Å². The molecule has 4 rings (SSSR count). The number of amides is 1. The summed E-state index contributed by atoms with van der Waals surface area (Å²) in [6, 6.07) is 25.6. The fraction of sp³-hybridized carbons (Fsp3) is 0.320. The van der Waals surface area contributed by atoms with E-state index >= 15 is 0 Å². The summed E-state index contributed by atoms with van der Waals surface area (Å²) in [4.78, 5) is 16.2. The first-order chi connectivity index (χ1) is 14.2. The van der Waals surface area contributed by atoms with E-state index in [9.17, 15) is 4.79 Å². The van der Waals surface area contributed by atoms with Crippen LogP contribution in [0.1, 0.15) is 18.4 Å². The smallest absolute Gasteiger partial charge is 0.239 e. The van der Waals surface area contributed by atoms with Gasteiger partial charge in [0, 0.05) is 37.2 Å². The number of nitrogens with one attached hydrogen (secondary N) is 2. The molecule has 29 heavy (non-hydrogen) atoms. The molecule has 0 unspecified atom stereocenters. The maximum absolute atomic E-state index is 12.6. The minimum absolute atomic E-state index is 0.108. The molecule has 3 aromatic rings. The molecule has 1 aliphatic heterocycles. The van der Waals surface area contributed by atoms with Gasteiger partial charge in [-0.05, 0) is 22.9 Å². The summed E-state index contributed by atoms with van der Waals surface area (Å²) in [7, 11) is 1.98. The molecule has 4 nitrogen and oxygen atoms in total. The van der Waals surface area contributed by atoms with Crippen molar-refractivity contribution in [3.05, 3.63) is 78.4 Å². The topological polar surface area (TPSA) is 36.8 Å². The zero-order valence-electron chi connectivity index (χ0n) is 17.1. The number of fused-ring (bicyclic) bond motifs is 1. The van der Waals surface area contributed by atoms with Crippen molar-refractivity contribution >= 4 is 22.4 Å². The number of quaternary nitrogens is 1. The molecule has 4 heteroatoms. The first-order valence-corrected chi connectivity index (χ1v) is 10.5. The van der Waals surface area contributed by atoms with Crippen molar-refractivity contribution in [1.82, 2.24) is 5.32 Å². The molecule has 0 radical (unpaired) electrons. The Morgan fingerprint density at radius 2 is 1.66 bits per heavy atom. The van der Waals surface area contributed by atoms with Gasteiger partial charge in [-0.3, -0.25) is 4.79 Å². The van der Waals surface area contributed by atoms with Crippen LogP contribution in [0.15, 0.2) is 72.8 Å². The van der Waals surface area contributed by atoms with Crippen LogP contribution in [0.5, 0.6) is 0 Å². The van der Waals surface area contributed by atoms with E-state index in [0.717, 1.165) is 38.2 Å². The molecule has 0 saturated carbocycles. The highest BCUT2D eigenvalue weighted by Gasteiger charge is 2.23. The maximum Gasteiger partial charge on any atom is 0.239 e. The minimum atomic E-state index is 0.108. The van der Waals surface area contributed by atoms with Gasteiger partial charge in [0.15, 0.2) is 0 Å². The fourth-order valence-corrected chi connectivity index (χ4v) is 4.23. The Bertz CT molecular complexity index is 948. The van der Waals surface area contributed by atoms with Crippen LogP contribution < -0.4 is 15.1 Å². The Morgan fingerprint density at radius 3 is 2.41 bits per heavy atom. The summed E-state index contributed by atoms with van der Waals surface area (Å²) in [6.45, 7) is 3.68. The zero-order chi connectivity index (χ0) is 20.1. The van der Waals surface area contributed by atoms with Crippen molar-refractivity contribution in [2.45, 2.75) is 25.4 Å². The van der Waals surface area contributed by atoms with Gasteiger partial charge in [0.2, 0.25) is 5.91 Å². The second-order valence-corrected chi connectivity index (χ2v) is 8.14. The first-order valence-electron chi connectivity index (χ1n) is 10.5. The molecule has 1 fully saturated rings. The number of likely N-dealkylation sites (N-methyl/N-ethyl adjacent to an activating group) is 1. The van der Waals surface area contributed by atoms with E-state index in [0.29, 0.717) is 12.6 Å². The standard InChI is InChI=1S/C25H29N3O/c1-27(24-12-11-21-9-5-6-10-22(21)17-24)19-25(29)26-23-13-15-28(16-14-23)18-20-7-3-2-4-8-20/h2-12,17,23H,13-16,18-19H2,1H3,(H,26,29)/p+1. The van der Waals surface area contributed by atoms with Gasteiger partial charge in [-0.1, -0.05) is 60.7 Å². The molecule has 0 aliphatic carbocycles. The predicted molar refractivity (Wildman–Crippen MR) is 119 cm³/mol. The number of likely N-dealkylation sites (tertiary alicyclic amines) is 1. The Hall–Kier alpha value is -2.85. The van der Waals surface area contributed by atoms with Gasteiger partial charge in [0.05, 0.1) is 19.6 Å². The van der Waals surface area contributed by atoms with Crippen molar-refractivity contribution in [1.29, 1.82) is 0 Å². The molecule has 2 N–H and O–H groups in total. The van der Waals surface area contributed by atoms with Crippen molar-refractivity contribution in [2.24, 2.45) is 0 Å². The first kappa shape index (κ1) is 19.5. The van der Waals surface area contributed by atoms with Gasteiger partial charge in [0.1, 0.15) is 6.54 Å². The van der Waals surface area contributed by atoms with Crippen molar-refractivity contribution < 1.29 is 9.69 Å². The Balaban J connectivity index is 1.25. The highest BCUT2D eigenvalue weighted by atomic mass is 16.2. The van der Waals surface area contributed by atoms with E-state index in [-0.39, 0.29) is 5.91 Å². The number of piperidine rings is 1. The third-order valence-electron chi connectivity index (χ3n) is 5.91. The molecule has 150 valence electrons. The van der Waals surface area contributed by atoms with E-state index in [1.165, 1.54) is 16.3 Å². The Kier molecular flexibility index (Phi) is 6.11. The Morgan fingerprint density at radius 1 is 0.966 bits per heavy atom. The number of hydrogen-bond donors (Lipinski definition) is 2. The van der Waals surface area contributed by atoms with Crippen molar-refractivity contribution in [2.75, 3.05) is 31.6 Å². The molecule has 1 heterocycles. The highest BCUT2D eigenvalue weighted by Crippen LogP contribution is 2.21. The molecule has 0 spiro atoms. The van der Waals surface area contributed by atoms with Crippen molar-refractivity contribution in [3.8, 4) is 0 Å². The summed E-state index contributed by atoms with van der Waals surface area (Å²) in [5.74, 6) is 0.108. The second kappa shape index (κ2) is 9.10. The van der Waals surface area contributed by atoms with Crippen LogP contribution in [0.25, 0.3) is 10.8 Å². The summed E-state index contributed by atoms with van der Waals surface area (Å²) in [6.07, 6.45) is 2.10. The summed E-state index contributed by atoms with van der Waals surface area (Å²) < 4.78 is 0. The van der Waals surface area contributed by atoms with E-state index in [1.54, 1.807) is 4.90 Å². The lowest BCUT2D eigenvalue weighted by atomic mass is 10.0. The maximum atomic E-state index is 12.6. The second-order valence-electron chi connectivity index (χ2n) is 8.14. The van der Waals surface area contributed by atoms with Gasteiger partial charge in [0.25, 0.3) is 0 Å². The molecule has 1 aliphatic rings. The van der Waals surface area contributed by atoms with Crippen LogP contribution in [0.2, 0.25) is 0 Å². The molecule has 0 atom stereocenters. The van der Waals surface area contributed by atoms with Crippen LogP contribution in [0.4, 0.5) is 5.69 Å². The highest BCUT2D eigenvalue weighted by molar-refractivity contribution is 5.87. The molecular weight excluding hydrogens is 358 g/mol. The predicted octanol–water partition coefficient (Wildman–Crippen LogP) is 2.64. The van der Waals surface area contributed by atoms with Gasteiger partial charge in [-0.25, -0.2) is 0 Å². The SMILES string of the molecule is CN(CC(=O)NC1CC[NH+](Cc2ccccc2)CC1)c1ccc2ccccc2c1. The van der Waals surface area contributed by atoms with E-state index < -0.39 is 0 Å². The number of benzene rings is 3. The number of anilines is 1. The number of rotatable bonds is 6. The third-order valence-corrected chi connectivity index (χ3v) is 5.91. The van der Waals surface area contributed by atoms with Crippen LogP contribution in [-0.4, -0.2) is 38.6 Å². The third kappa shape index (κ3) is 5.15. The van der Waals surface area contributed by atoms with E-state index in [4.69, 9.17) is 0 Å². The van der Waals surface area contributed by atoms with Crippen LogP contribution in [-0.2, 0) is 11.3 Å². The number of hydrogen-bond acceptors (Lipinski definition) is 2. The molecule has 0 aromatic heterocycles. The van der Waals surface area contributed by atoms with Crippen LogP contribution in [0.3, 0.4) is 0 Å². The number of nitrogens with zero attached hydrogens (tertiary/aromatic N) is 1. The van der Waals surface area contributed by atoms with Crippen molar-refractivity contribution in [3.63, 3.8) is 0 Å². The largest absolute Gasteiger partial charge is 0.365 e. The molecule has 1 saturated heterocycles. The average molecular weight is 389 g/mol. The lowest BCUT2D eigenvalue weighted by Crippen LogP contribution is -3.12. The average Bonchev–Trinajstić information content (AvgIpc) is 2.75. The number of carbonyl (C=O) groups is 1. The van der Waals surface area contributed by atoms with Crippen LogP contribution in [0, 0.1) is 0 Å². The molecule has 3 aromatic carbocycles. The normalized spacial score (nSPS) is 19.1. The number of carbonyl (C=O) groups excluding carboxylic acids is 1. The fourth-order valence-electron chi connectivity index (χ4n) is 4.23. The molecule has 1 amide bonds.